The van der Waals surface area contributed by atoms with Gasteiger partial charge in [0.25, 0.3) is 5.91 Å². The van der Waals surface area contributed by atoms with Gasteiger partial charge in [0.05, 0.1) is 0 Å². The molecule has 2 aromatic rings. The lowest BCUT2D eigenvalue weighted by Crippen LogP contribution is -2.31. The molecule has 138 valence electrons. The van der Waals surface area contributed by atoms with E-state index in [1.807, 2.05) is 53.4 Å². The molecule has 0 radical (unpaired) electrons. The van der Waals surface area contributed by atoms with Crippen molar-refractivity contribution in [3.05, 3.63) is 77.4 Å². The number of carbonyl (C=O) groups excluding carboxylic acids is 2. The molecular formula is C23H24N2O2. The Kier molecular flexibility index (Phi) is 5.05. The Morgan fingerprint density at radius 1 is 0.963 bits per heavy atom. The number of hydrogen-bond donors (Lipinski definition) is 1. The molecule has 0 heterocycles. The molecule has 2 aliphatic rings. The van der Waals surface area contributed by atoms with Crippen molar-refractivity contribution in [3.63, 3.8) is 0 Å². The fourth-order valence-electron chi connectivity index (χ4n) is 3.06. The molecule has 2 aromatic carbocycles. The molecule has 1 N–H and O–H groups in total. The van der Waals surface area contributed by atoms with Gasteiger partial charge >= 0.3 is 0 Å². The van der Waals surface area contributed by atoms with E-state index in [0.717, 1.165) is 36.8 Å². The predicted molar refractivity (Wildman–Crippen MR) is 106 cm³/mol. The molecule has 4 nitrogen and oxygen atoms in total. The number of amides is 2. The third-order valence-corrected chi connectivity index (χ3v) is 4.97. The molecule has 2 amide bonds. The van der Waals surface area contributed by atoms with E-state index in [2.05, 4.69) is 17.4 Å². The fraction of sp³-hybridized carbons (Fsp3) is 0.304. The van der Waals surface area contributed by atoms with Crippen LogP contribution in [0.4, 0.5) is 0 Å². The van der Waals surface area contributed by atoms with Gasteiger partial charge in [-0.15, -0.1) is 0 Å². The summed E-state index contributed by atoms with van der Waals surface area (Å²) in [4.78, 5) is 26.7. The molecule has 0 saturated heterocycles. The Bertz CT molecular complexity index is 834. The molecule has 0 aromatic heterocycles. The van der Waals surface area contributed by atoms with Gasteiger partial charge in [-0.1, -0.05) is 42.5 Å². The smallest absolute Gasteiger partial charge is 0.251 e. The Morgan fingerprint density at radius 3 is 2.30 bits per heavy atom. The van der Waals surface area contributed by atoms with E-state index >= 15 is 0 Å². The summed E-state index contributed by atoms with van der Waals surface area (Å²) in [5.74, 6) is 0.0174. The van der Waals surface area contributed by atoms with Crippen molar-refractivity contribution in [2.75, 3.05) is 0 Å². The molecule has 0 bridgehead atoms. The lowest BCUT2D eigenvalue weighted by molar-refractivity contribution is -0.127. The van der Waals surface area contributed by atoms with Gasteiger partial charge in [-0.3, -0.25) is 9.59 Å². The standard InChI is InChI=1S/C23H24N2O2/c26-22(25(21-13-14-21)16-18-4-2-1-3-5-18)15-8-17-6-9-19(10-7-17)23(27)24-20-11-12-20/h1-10,15,20-21H,11-14,16H2,(H,24,27)/b15-8+. The van der Waals surface area contributed by atoms with E-state index in [9.17, 15) is 9.59 Å². The van der Waals surface area contributed by atoms with Crippen molar-refractivity contribution in [2.24, 2.45) is 0 Å². The van der Waals surface area contributed by atoms with E-state index in [1.165, 1.54) is 0 Å². The Labute approximate surface area is 159 Å². The zero-order valence-corrected chi connectivity index (χ0v) is 15.3. The maximum Gasteiger partial charge on any atom is 0.251 e. The molecule has 4 rings (SSSR count). The molecule has 0 unspecified atom stereocenters. The average Bonchev–Trinajstić information content (AvgIpc) is 3.60. The van der Waals surface area contributed by atoms with E-state index in [4.69, 9.17) is 0 Å². The molecular weight excluding hydrogens is 336 g/mol. The van der Waals surface area contributed by atoms with Crippen molar-refractivity contribution in [1.29, 1.82) is 0 Å². The monoisotopic (exact) mass is 360 g/mol. The normalized spacial score (nSPS) is 16.3. The summed E-state index contributed by atoms with van der Waals surface area (Å²) in [6, 6.07) is 18.2. The number of carbonyl (C=O) groups is 2. The topological polar surface area (TPSA) is 49.4 Å². The first-order valence-electron chi connectivity index (χ1n) is 9.62. The summed E-state index contributed by atoms with van der Waals surface area (Å²) < 4.78 is 0. The second-order valence-corrected chi connectivity index (χ2v) is 7.39. The van der Waals surface area contributed by atoms with Crippen LogP contribution in [0.25, 0.3) is 6.08 Å². The summed E-state index contributed by atoms with van der Waals surface area (Å²) in [6.45, 7) is 0.648. The summed E-state index contributed by atoms with van der Waals surface area (Å²) in [5.41, 5.74) is 2.73. The van der Waals surface area contributed by atoms with E-state index in [-0.39, 0.29) is 11.8 Å². The van der Waals surface area contributed by atoms with E-state index < -0.39 is 0 Å². The predicted octanol–water partition coefficient (Wildman–Crippen LogP) is 3.78. The van der Waals surface area contributed by atoms with Crippen molar-refractivity contribution in [2.45, 2.75) is 44.3 Å². The first kappa shape index (κ1) is 17.5. The zero-order chi connectivity index (χ0) is 18.6. The second-order valence-electron chi connectivity index (χ2n) is 7.39. The van der Waals surface area contributed by atoms with E-state index in [1.54, 1.807) is 6.08 Å². The summed E-state index contributed by atoms with van der Waals surface area (Å²) >= 11 is 0. The molecule has 0 aliphatic heterocycles. The number of rotatable bonds is 7. The van der Waals surface area contributed by atoms with Gasteiger partial charge in [0.1, 0.15) is 0 Å². The van der Waals surface area contributed by atoms with Crippen LogP contribution >= 0.6 is 0 Å². The number of benzene rings is 2. The van der Waals surface area contributed by atoms with Gasteiger partial charge in [-0.2, -0.15) is 0 Å². The van der Waals surface area contributed by atoms with Crippen LogP contribution in [0, 0.1) is 0 Å². The molecule has 2 aliphatic carbocycles. The minimum absolute atomic E-state index is 0.0214. The molecule has 2 saturated carbocycles. The van der Waals surface area contributed by atoms with Crippen LogP contribution in [0.1, 0.15) is 47.2 Å². The van der Waals surface area contributed by atoms with Crippen LogP contribution < -0.4 is 5.32 Å². The summed E-state index contributed by atoms with van der Waals surface area (Å²) in [7, 11) is 0. The third kappa shape index (κ3) is 4.85. The van der Waals surface area contributed by atoms with Crippen LogP contribution in [-0.2, 0) is 11.3 Å². The van der Waals surface area contributed by atoms with Gasteiger partial charge in [0, 0.05) is 30.3 Å². The van der Waals surface area contributed by atoms with Gasteiger partial charge in [0.15, 0.2) is 0 Å². The Hall–Kier alpha value is -2.88. The van der Waals surface area contributed by atoms with Crippen molar-refractivity contribution >= 4 is 17.9 Å². The fourth-order valence-corrected chi connectivity index (χ4v) is 3.06. The van der Waals surface area contributed by atoms with Gasteiger partial charge in [-0.05, 0) is 55.0 Å². The number of nitrogens with zero attached hydrogens (tertiary/aromatic N) is 1. The van der Waals surface area contributed by atoms with Gasteiger partial charge in [0.2, 0.25) is 5.91 Å². The van der Waals surface area contributed by atoms with Crippen molar-refractivity contribution < 1.29 is 9.59 Å². The summed E-state index contributed by atoms with van der Waals surface area (Å²) in [5, 5.41) is 2.98. The SMILES string of the molecule is O=C(NC1CC1)c1ccc(/C=C/C(=O)N(Cc2ccccc2)C2CC2)cc1. The lowest BCUT2D eigenvalue weighted by atomic mass is 10.1. The Balaban J connectivity index is 1.38. The van der Waals surface area contributed by atoms with Crippen molar-refractivity contribution in [1.82, 2.24) is 10.2 Å². The van der Waals surface area contributed by atoms with Gasteiger partial charge in [-0.25, -0.2) is 0 Å². The highest BCUT2D eigenvalue weighted by Gasteiger charge is 2.31. The zero-order valence-electron chi connectivity index (χ0n) is 15.3. The number of nitrogens with one attached hydrogen (secondary N) is 1. The van der Waals surface area contributed by atoms with E-state index in [0.29, 0.717) is 24.2 Å². The van der Waals surface area contributed by atoms with Crippen molar-refractivity contribution in [3.8, 4) is 0 Å². The minimum Gasteiger partial charge on any atom is -0.349 e. The van der Waals surface area contributed by atoms with Crippen LogP contribution in [-0.4, -0.2) is 28.8 Å². The maximum atomic E-state index is 12.7. The van der Waals surface area contributed by atoms with Crippen LogP contribution in [0.15, 0.2) is 60.7 Å². The summed E-state index contributed by atoms with van der Waals surface area (Å²) in [6.07, 6.45) is 7.78. The Morgan fingerprint density at radius 2 is 1.67 bits per heavy atom. The highest BCUT2D eigenvalue weighted by atomic mass is 16.2. The second kappa shape index (κ2) is 7.78. The molecule has 2 fully saturated rings. The molecule has 27 heavy (non-hydrogen) atoms. The maximum absolute atomic E-state index is 12.7. The lowest BCUT2D eigenvalue weighted by Gasteiger charge is -2.21. The minimum atomic E-state index is -0.0214. The molecule has 0 spiro atoms. The molecule has 0 atom stereocenters. The molecule has 4 heteroatoms. The average molecular weight is 360 g/mol. The first-order chi connectivity index (χ1) is 13.2. The van der Waals surface area contributed by atoms with Gasteiger partial charge < -0.3 is 10.2 Å². The highest BCUT2D eigenvalue weighted by molar-refractivity contribution is 5.95. The quantitative estimate of drug-likeness (QED) is 0.764. The third-order valence-electron chi connectivity index (χ3n) is 4.97. The largest absolute Gasteiger partial charge is 0.349 e. The van der Waals surface area contributed by atoms with Crippen LogP contribution in [0.3, 0.4) is 0 Å². The van der Waals surface area contributed by atoms with Crippen LogP contribution in [0.2, 0.25) is 0 Å². The highest BCUT2D eigenvalue weighted by Crippen LogP contribution is 2.28. The van der Waals surface area contributed by atoms with Crippen LogP contribution in [0.5, 0.6) is 0 Å². The first-order valence-corrected chi connectivity index (χ1v) is 9.62. The number of hydrogen-bond acceptors (Lipinski definition) is 2.